The molecule has 0 aromatic heterocycles. The molecule has 0 spiro atoms. The van der Waals surface area contributed by atoms with Gasteiger partial charge in [0.2, 0.25) is 0 Å². The average molecular weight is 199 g/mol. The third-order valence-electron chi connectivity index (χ3n) is 2.98. The summed E-state index contributed by atoms with van der Waals surface area (Å²) in [6, 6.07) is 0. The predicted molar refractivity (Wildman–Crippen MR) is 56.0 cm³/mol. The summed E-state index contributed by atoms with van der Waals surface area (Å²) >= 11 is 0. The lowest BCUT2D eigenvalue weighted by molar-refractivity contribution is -0.150. The van der Waals surface area contributed by atoms with E-state index in [4.69, 9.17) is 4.74 Å². The normalized spacial score (nSPS) is 20.4. The van der Waals surface area contributed by atoms with Gasteiger partial charge in [-0.15, -0.1) is 0 Å². The van der Waals surface area contributed by atoms with Crippen molar-refractivity contribution in [1.29, 1.82) is 0 Å². The molecular formula is C11H21NO2. The molecule has 0 aromatic rings. The van der Waals surface area contributed by atoms with E-state index >= 15 is 0 Å². The van der Waals surface area contributed by atoms with Gasteiger partial charge in [-0.3, -0.25) is 4.79 Å². The van der Waals surface area contributed by atoms with E-state index in [2.05, 4.69) is 12.2 Å². The fourth-order valence-corrected chi connectivity index (χ4v) is 2.19. The Morgan fingerprint density at radius 2 is 2.07 bits per heavy atom. The maximum atomic E-state index is 11.6. The zero-order chi connectivity index (χ0) is 10.4. The Kier molecular flexibility index (Phi) is 4.94. The molecule has 1 aliphatic rings. The second kappa shape index (κ2) is 6.02. The van der Waals surface area contributed by atoms with Gasteiger partial charge in [0.1, 0.15) is 0 Å². The fraction of sp³-hybridized carbons (Fsp3) is 0.909. The van der Waals surface area contributed by atoms with E-state index in [9.17, 15) is 4.79 Å². The molecule has 0 saturated carbocycles. The van der Waals surface area contributed by atoms with Crippen LogP contribution in [0.5, 0.6) is 0 Å². The third-order valence-corrected chi connectivity index (χ3v) is 2.98. The van der Waals surface area contributed by atoms with Gasteiger partial charge in [-0.2, -0.15) is 0 Å². The SMILES string of the molecule is CCOC(=O)[C@@H](CC)C1CCNCC1. The van der Waals surface area contributed by atoms with Crippen LogP contribution in [0.15, 0.2) is 0 Å². The van der Waals surface area contributed by atoms with Gasteiger partial charge in [0, 0.05) is 0 Å². The van der Waals surface area contributed by atoms with E-state index in [1.54, 1.807) is 0 Å². The van der Waals surface area contributed by atoms with Crippen molar-refractivity contribution in [2.75, 3.05) is 19.7 Å². The van der Waals surface area contributed by atoms with Gasteiger partial charge < -0.3 is 10.1 Å². The first-order valence-electron chi connectivity index (χ1n) is 5.66. The Labute approximate surface area is 86.2 Å². The molecule has 82 valence electrons. The minimum Gasteiger partial charge on any atom is -0.466 e. The van der Waals surface area contributed by atoms with Crippen molar-refractivity contribution in [2.45, 2.75) is 33.1 Å². The van der Waals surface area contributed by atoms with Gasteiger partial charge >= 0.3 is 5.97 Å². The summed E-state index contributed by atoms with van der Waals surface area (Å²) < 4.78 is 5.09. The minimum absolute atomic E-state index is 0.00176. The Bertz CT molecular complexity index is 176. The molecule has 1 saturated heterocycles. The molecule has 1 fully saturated rings. The number of esters is 1. The van der Waals surface area contributed by atoms with Gasteiger partial charge in [-0.25, -0.2) is 0 Å². The summed E-state index contributed by atoms with van der Waals surface area (Å²) in [5, 5.41) is 3.31. The average Bonchev–Trinajstić information content (AvgIpc) is 2.21. The van der Waals surface area contributed by atoms with Crippen molar-refractivity contribution in [2.24, 2.45) is 11.8 Å². The second-order valence-corrected chi connectivity index (χ2v) is 3.85. The van der Waals surface area contributed by atoms with Crippen molar-refractivity contribution < 1.29 is 9.53 Å². The van der Waals surface area contributed by atoms with Crippen LogP contribution in [0.2, 0.25) is 0 Å². The van der Waals surface area contributed by atoms with Crippen molar-refractivity contribution in [3.63, 3.8) is 0 Å². The summed E-state index contributed by atoms with van der Waals surface area (Å²) in [4.78, 5) is 11.6. The Hall–Kier alpha value is -0.570. The Morgan fingerprint density at radius 3 is 2.57 bits per heavy atom. The van der Waals surface area contributed by atoms with E-state index in [1.165, 1.54) is 0 Å². The van der Waals surface area contributed by atoms with E-state index in [0.29, 0.717) is 12.5 Å². The number of ether oxygens (including phenoxy) is 1. The first-order chi connectivity index (χ1) is 6.79. The summed E-state index contributed by atoms with van der Waals surface area (Å²) in [5.74, 6) is 0.652. The van der Waals surface area contributed by atoms with Crippen LogP contribution in [0.25, 0.3) is 0 Å². The summed E-state index contributed by atoms with van der Waals surface area (Å²) in [7, 11) is 0. The molecule has 0 unspecified atom stereocenters. The topological polar surface area (TPSA) is 38.3 Å². The largest absolute Gasteiger partial charge is 0.466 e. The number of rotatable bonds is 4. The van der Waals surface area contributed by atoms with Crippen LogP contribution in [-0.2, 0) is 9.53 Å². The molecule has 0 aromatic carbocycles. The van der Waals surface area contributed by atoms with Gasteiger partial charge in [-0.05, 0) is 45.2 Å². The number of nitrogens with one attached hydrogen (secondary N) is 1. The summed E-state index contributed by atoms with van der Waals surface area (Å²) in [6.07, 6.45) is 3.12. The Morgan fingerprint density at radius 1 is 1.43 bits per heavy atom. The molecule has 1 N–H and O–H groups in total. The van der Waals surface area contributed by atoms with Gasteiger partial charge in [-0.1, -0.05) is 6.92 Å². The smallest absolute Gasteiger partial charge is 0.309 e. The van der Waals surface area contributed by atoms with Gasteiger partial charge in [0.05, 0.1) is 12.5 Å². The quantitative estimate of drug-likeness (QED) is 0.698. The molecule has 0 aliphatic carbocycles. The standard InChI is InChI=1S/C11H21NO2/c1-3-10(11(13)14-4-2)9-5-7-12-8-6-9/h9-10,12H,3-8H2,1-2H3/t10-/m0/s1. The first kappa shape index (κ1) is 11.5. The molecule has 0 amide bonds. The summed E-state index contributed by atoms with van der Waals surface area (Å²) in [5.41, 5.74) is 0. The zero-order valence-corrected chi connectivity index (χ0v) is 9.21. The van der Waals surface area contributed by atoms with Crippen LogP contribution in [0.3, 0.4) is 0 Å². The van der Waals surface area contributed by atoms with E-state index in [1.807, 2.05) is 6.92 Å². The monoisotopic (exact) mass is 199 g/mol. The first-order valence-corrected chi connectivity index (χ1v) is 5.66. The molecule has 1 rings (SSSR count). The lowest BCUT2D eigenvalue weighted by Crippen LogP contribution is -2.35. The molecule has 0 bridgehead atoms. The maximum absolute atomic E-state index is 11.6. The van der Waals surface area contributed by atoms with Crippen LogP contribution < -0.4 is 5.32 Å². The van der Waals surface area contributed by atoms with Crippen LogP contribution in [0.4, 0.5) is 0 Å². The number of hydrogen-bond donors (Lipinski definition) is 1. The molecule has 1 heterocycles. The maximum Gasteiger partial charge on any atom is 0.309 e. The van der Waals surface area contributed by atoms with Crippen LogP contribution in [0, 0.1) is 11.8 Å². The number of carbonyl (C=O) groups is 1. The second-order valence-electron chi connectivity index (χ2n) is 3.85. The van der Waals surface area contributed by atoms with Crippen molar-refractivity contribution in [3.8, 4) is 0 Å². The number of carbonyl (C=O) groups excluding carboxylic acids is 1. The lowest BCUT2D eigenvalue weighted by atomic mass is 9.83. The number of piperidine rings is 1. The molecule has 1 aliphatic heterocycles. The van der Waals surface area contributed by atoms with Crippen molar-refractivity contribution >= 4 is 5.97 Å². The fourth-order valence-electron chi connectivity index (χ4n) is 2.19. The van der Waals surface area contributed by atoms with Crippen LogP contribution in [-0.4, -0.2) is 25.7 Å². The molecule has 3 heteroatoms. The summed E-state index contributed by atoms with van der Waals surface area (Å²) in [6.45, 7) is 6.53. The molecule has 1 atom stereocenters. The Balaban J connectivity index is 2.46. The zero-order valence-electron chi connectivity index (χ0n) is 9.21. The van der Waals surface area contributed by atoms with E-state index < -0.39 is 0 Å². The van der Waals surface area contributed by atoms with E-state index in [-0.39, 0.29) is 11.9 Å². The van der Waals surface area contributed by atoms with Crippen LogP contribution >= 0.6 is 0 Å². The highest BCUT2D eigenvalue weighted by atomic mass is 16.5. The number of hydrogen-bond acceptors (Lipinski definition) is 3. The lowest BCUT2D eigenvalue weighted by Gasteiger charge is -2.28. The minimum atomic E-state index is 0.00176. The highest BCUT2D eigenvalue weighted by Crippen LogP contribution is 2.25. The molecule has 0 radical (unpaired) electrons. The molecule has 14 heavy (non-hydrogen) atoms. The van der Waals surface area contributed by atoms with E-state index in [0.717, 1.165) is 32.4 Å². The van der Waals surface area contributed by atoms with Gasteiger partial charge in [0.15, 0.2) is 0 Å². The van der Waals surface area contributed by atoms with Crippen LogP contribution in [0.1, 0.15) is 33.1 Å². The molecular weight excluding hydrogens is 178 g/mol. The predicted octanol–water partition coefficient (Wildman–Crippen LogP) is 1.58. The molecule has 3 nitrogen and oxygen atoms in total. The third kappa shape index (κ3) is 2.98. The highest BCUT2D eigenvalue weighted by Gasteiger charge is 2.28. The van der Waals surface area contributed by atoms with Crippen molar-refractivity contribution in [1.82, 2.24) is 5.32 Å². The highest BCUT2D eigenvalue weighted by molar-refractivity contribution is 5.72. The van der Waals surface area contributed by atoms with Gasteiger partial charge in [0.25, 0.3) is 0 Å². The van der Waals surface area contributed by atoms with Crippen molar-refractivity contribution in [3.05, 3.63) is 0 Å².